The maximum atomic E-state index is 12.4. The van der Waals surface area contributed by atoms with E-state index < -0.39 is 0 Å². The summed E-state index contributed by atoms with van der Waals surface area (Å²) in [6.45, 7) is 2.89. The van der Waals surface area contributed by atoms with E-state index >= 15 is 0 Å². The van der Waals surface area contributed by atoms with Crippen molar-refractivity contribution in [1.82, 2.24) is 5.32 Å². The minimum atomic E-state index is -0.301. The third-order valence-corrected chi connectivity index (χ3v) is 4.58. The highest BCUT2D eigenvalue weighted by molar-refractivity contribution is 7.80. The van der Waals surface area contributed by atoms with Gasteiger partial charge in [-0.05, 0) is 54.7 Å². The molecule has 1 fully saturated rings. The molecule has 0 unspecified atom stereocenters. The van der Waals surface area contributed by atoms with Crippen molar-refractivity contribution in [2.24, 2.45) is 0 Å². The van der Waals surface area contributed by atoms with Crippen LogP contribution in [-0.4, -0.2) is 44.4 Å². The molecule has 8 heteroatoms. The number of methoxy groups -OCH3 is 1. The number of halogens is 1. The van der Waals surface area contributed by atoms with Gasteiger partial charge in [0.1, 0.15) is 5.75 Å². The Morgan fingerprint density at radius 2 is 1.89 bits per heavy atom. The van der Waals surface area contributed by atoms with Crippen LogP contribution >= 0.6 is 23.8 Å². The smallest absolute Gasteiger partial charge is 0.257 e. The van der Waals surface area contributed by atoms with Gasteiger partial charge in [-0.15, -0.1) is 0 Å². The first kappa shape index (κ1) is 19.4. The van der Waals surface area contributed by atoms with E-state index in [0.717, 1.165) is 24.5 Å². The van der Waals surface area contributed by atoms with Crippen LogP contribution in [0.4, 0.5) is 11.4 Å². The lowest BCUT2D eigenvalue weighted by molar-refractivity contribution is 0.0977. The highest BCUT2D eigenvalue weighted by atomic mass is 35.5. The molecule has 2 aromatic carbocycles. The molecule has 142 valence electrons. The fourth-order valence-corrected chi connectivity index (χ4v) is 3.13. The zero-order valence-corrected chi connectivity index (χ0v) is 16.4. The van der Waals surface area contributed by atoms with Crippen molar-refractivity contribution < 1.29 is 14.3 Å². The zero-order chi connectivity index (χ0) is 19.2. The summed E-state index contributed by atoms with van der Waals surface area (Å²) >= 11 is 11.5. The molecule has 2 aromatic rings. The van der Waals surface area contributed by atoms with Gasteiger partial charge in [-0.25, -0.2) is 0 Å². The Labute approximate surface area is 168 Å². The van der Waals surface area contributed by atoms with Crippen LogP contribution in [0.25, 0.3) is 0 Å². The van der Waals surface area contributed by atoms with Crippen molar-refractivity contribution in [1.29, 1.82) is 0 Å². The molecule has 3 rings (SSSR count). The van der Waals surface area contributed by atoms with Crippen LogP contribution in [0.15, 0.2) is 42.5 Å². The highest BCUT2D eigenvalue weighted by Crippen LogP contribution is 2.29. The average molecular weight is 406 g/mol. The Kier molecular flexibility index (Phi) is 6.49. The summed E-state index contributed by atoms with van der Waals surface area (Å²) in [5, 5.41) is 6.55. The molecule has 1 heterocycles. The second-order valence-electron chi connectivity index (χ2n) is 5.90. The molecule has 0 bridgehead atoms. The van der Waals surface area contributed by atoms with E-state index in [4.69, 9.17) is 33.3 Å². The number of thiocarbonyl (C=S) groups is 1. The van der Waals surface area contributed by atoms with E-state index in [1.807, 2.05) is 12.1 Å². The SMILES string of the molecule is COc1ccc(C(=O)NC(=S)Nc2cc(Cl)ccc2N2CCOCC2)cc1. The molecule has 1 aliphatic rings. The monoisotopic (exact) mass is 405 g/mol. The van der Waals surface area contributed by atoms with E-state index in [2.05, 4.69) is 15.5 Å². The van der Waals surface area contributed by atoms with Gasteiger partial charge in [0, 0.05) is 23.7 Å². The Bertz CT molecular complexity index is 823. The molecule has 6 nitrogen and oxygen atoms in total. The standard InChI is InChI=1S/C19H20ClN3O3S/c1-25-15-5-2-13(3-6-15)18(24)22-19(27)21-16-12-14(20)4-7-17(16)23-8-10-26-11-9-23/h2-7,12H,8-11H2,1H3,(H2,21,22,24,27). The number of morpholine rings is 1. The normalized spacial score (nSPS) is 13.8. The second-order valence-corrected chi connectivity index (χ2v) is 6.74. The van der Waals surface area contributed by atoms with Crippen LogP contribution < -0.4 is 20.3 Å². The summed E-state index contributed by atoms with van der Waals surface area (Å²) in [6, 6.07) is 12.3. The molecule has 0 aliphatic carbocycles. The van der Waals surface area contributed by atoms with Crippen LogP contribution in [0.1, 0.15) is 10.4 Å². The number of benzene rings is 2. The van der Waals surface area contributed by atoms with Crippen LogP contribution in [0.3, 0.4) is 0 Å². The molecule has 0 saturated carbocycles. The molecular formula is C19H20ClN3O3S. The van der Waals surface area contributed by atoms with Crippen molar-refractivity contribution in [3.05, 3.63) is 53.1 Å². The average Bonchev–Trinajstić information content (AvgIpc) is 2.68. The quantitative estimate of drug-likeness (QED) is 0.761. The predicted molar refractivity (Wildman–Crippen MR) is 111 cm³/mol. The lowest BCUT2D eigenvalue weighted by atomic mass is 10.2. The summed E-state index contributed by atoms with van der Waals surface area (Å²) in [4.78, 5) is 14.6. The van der Waals surface area contributed by atoms with Crippen LogP contribution in [0.5, 0.6) is 5.75 Å². The number of nitrogens with one attached hydrogen (secondary N) is 2. The Morgan fingerprint density at radius 3 is 2.56 bits per heavy atom. The number of ether oxygens (including phenoxy) is 2. The van der Waals surface area contributed by atoms with Crippen molar-refractivity contribution in [3.8, 4) is 5.75 Å². The van der Waals surface area contributed by atoms with E-state index in [0.29, 0.717) is 29.5 Å². The number of hydrogen-bond acceptors (Lipinski definition) is 5. The van der Waals surface area contributed by atoms with Gasteiger partial charge in [-0.3, -0.25) is 10.1 Å². The summed E-state index contributed by atoms with van der Waals surface area (Å²) in [5.74, 6) is 0.381. The number of nitrogens with zero attached hydrogens (tertiary/aromatic N) is 1. The Balaban J connectivity index is 1.69. The molecule has 27 heavy (non-hydrogen) atoms. The van der Waals surface area contributed by atoms with Gasteiger partial charge in [0.15, 0.2) is 5.11 Å². The summed E-state index contributed by atoms with van der Waals surface area (Å²) < 4.78 is 10.5. The van der Waals surface area contributed by atoms with Gasteiger partial charge in [0.2, 0.25) is 0 Å². The third-order valence-electron chi connectivity index (χ3n) is 4.14. The van der Waals surface area contributed by atoms with Crippen molar-refractivity contribution >= 4 is 46.2 Å². The maximum absolute atomic E-state index is 12.4. The van der Waals surface area contributed by atoms with Gasteiger partial charge >= 0.3 is 0 Å². The van der Waals surface area contributed by atoms with Gasteiger partial charge in [0.05, 0.1) is 31.7 Å². The summed E-state index contributed by atoms with van der Waals surface area (Å²) in [7, 11) is 1.57. The lowest BCUT2D eigenvalue weighted by Gasteiger charge is -2.30. The van der Waals surface area contributed by atoms with Gasteiger partial charge in [0.25, 0.3) is 5.91 Å². The van der Waals surface area contributed by atoms with Crippen molar-refractivity contribution in [2.75, 3.05) is 43.6 Å². The van der Waals surface area contributed by atoms with E-state index in [1.165, 1.54) is 0 Å². The minimum Gasteiger partial charge on any atom is -0.497 e. The number of anilines is 2. The molecule has 1 aliphatic heterocycles. The third kappa shape index (κ3) is 5.09. The number of carbonyl (C=O) groups excluding carboxylic acids is 1. The molecule has 0 aromatic heterocycles. The topological polar surface area (TPSA) is 62.8 Å². The number of rotatable bonds is 4. The van der Waals surface area contributed by atoms with Crippen molar-refractivity contribution in [3.63, 3.8) is 0 Å². The molecule has 1 saturated heterocycles. The first-order valence-electron chi connectivity index (χ1n) is 8.45. The van der Waals surface area contributed by atoms with Gasteiger partial charge in [-0.2, -0.15) is 0 Å². The van der Waals surface area contributed by atoms with Crippen LogP contribution in [0.2, 0.25) is 5.02 Å². The first-order chi connectivity index (χ1) is 13.1. The highest BCUT2D eigenvalue weighted by Gasteiger charge is 2.16. The molecule has 0 spiro atoms. The van der Waals surface area contributed by atoms with Crippen molar-refractivity contribution in [2.45, 2.75) is 0 Å². The second kappa shape index (κ2) is 9.03. The largest absolute Gasteiger partial charge is 0.497 e. The summed E-state index contributed by atoms with van der Waals surface area (Å²) in [5.41, 5.74) is 2.19. The number of amides is 1. The van der Waals surface area contributed by atoms with Crippen LogP contribution in [-0.2, 0) is 4.74 Å². The van der Waals surface area contributed by atoms with E-state index in [1.54, 1.807) is 37.4 Å². The van der Waals surface area contributed by atoms with Crippen LogP contribution in [0, 0.1) is 0 Å². The predicted octanol–water partition coefficient (Wildman–Crippen LogP) is 3.31. The molecular weight excluding hydrogens is 386 g/mol. The fourth-order valence-electron chi connectivity index (χ4n) is 2.76. The molecule has 0 atom stereocenters. The number of carbonyl (C=O) groups is 1. The minimum absolute atomic E-state index is 0.201. The summed E-state index contributed by atoms with van der Waals surface area (Å²) in [6.07, 6.45) is 0. The Morgan fingerprint density at radius 1 is 1.19 bits per heavy atom. The molecule has 0 radical (unpaired) electrons. The Hall–Kier alpha value is -2.35. The van der Waals surface area contributed by atoms with Gasteiger partial charge < -0.3 is 19.7 Å². The van der Waals surface area contributed by atoms with E-state index in [-0.39, 0.29) is 11.0 Å². The van der Waals surface area contributed by atoms with E-state index in [9.17, 15) is 4.79 Å². The maximum Gasteiger partial charge on any atom is 0.257 e. The zero-order valence-electron chi connectivity index (χ0n) is 14.8. The molecule has 2 N–H and O–H groups in total. The fraction of sp³-hybridized carbons (Fsp3) is 0.263. The number of hydrogen-bond donors (Lipinski definition) is 2. The molecule has 1 amide bonds. The lowest BCUT2D eigenvalue weighted by Crippen LogP contribution is -2.38. The first-order valence-corrected chi connectivity index (χ1v) is 9.24. The van der Waals surface area contributed by atoms with Gasteiger partial charge in [-0.1, -0.05) is 11.6 Å².